The van der Waals surface area contributed by atoms with Gasteiger partial charge in [-0.15, -0.1) is 11.3 Å². The first-order chi connectivity index (χ1) is 13.1. The lowest BCUT2D eigenvalue weighted by atomic mass is 9.97. The predicted octanol–water partition coefficient (Wildman–Crippen LogP) is 5.04. The maximum absolute atomic E-state index is 12.5. The summed E-state index contributed by atoms with van der Waals surface area (Å²) in [6, 6.07) is 13.7. The van der Waals surface area contributed by atoms with Crippen LogP contribution in [0.1, 0.15) is 29.3 Å². The van der Waals surface area contributed by atoms with Gasteiger partial charge in [-0.3, -0.25) is 4.79 Å². The van der Waals surface area contributed by atoms with E-state index in [1.54, 1.807) is 17.4 Å². The SMILES string of the molecule is Cc1cc(Cl)ccc1OCC(=O)N1CCC(c2nc3ccccc3s2)CC1. The summed E-state index contributed by atoms with van der Waals surface area (Å²) in [7, 11) is 0. The molecule has 4 nitrogen and oxygen atoms in total. The highest BCUT2D eigenvalue weighted by atomic mass is 35.5. The zero-order chi connectivity index (χ0) is 18.8. The van der Waals surface area contributed by atoms with Gasteiger partial charge in [-0.2, -0.15) is 0 Å². The van der Waals surface area contributed by atoms with Crippen molar-refractivity contribution < 1.29 is 9.53 Å². The minimum Gasteiger partial charge on any atom is -0.483 e. The van der Waals surface area contributed by atoms with E-state index in [9.17, 15) is 4.79 Å². The van der Waals surface area contributed by atoms with Crippen LogP contribution < -0.4 is 4.74 Å². The van der Waals surface area contributed by atoms with Crippen LogP contribution in [0.5, 0.6) is 5.75 Å². The molecule has 2 aromatic carbocycles. The summed E-state index contributed by atoms with van der Waals surface area (Å²) >= 11 is 7.73. The number of aromatic nitrogens is 1. The largest absolute Gasteiger partial charge is 0.483 e. The van der Waals surface area contributed by atoms with E-state index in [4.69, 9.17) is 21.3 Å². The smallest absolute Gasteiger partial charge is 0.260 e. The molecule has 4 rings (SSSR count). The molecular weight excluding hydrogens is 380 g/mol. The van der Waals surface area contributed by atoms with Crippen molar-refractivity contribution in [2.45, 2.75) is 25.7 Å². The first-order valence-corrected chi connectivity index (χ1v) is 10.3. The highest BCUT2D eigenvalue weighted by molar-refractivity contribution is 7.18. The molecule has 0 saturated carbocycles. The molecule has 0 radical (unpaired) electrons. The van der Waals surface area contributed by atoms with Gasteiger partial charge < -0.3 is 9.64 Å². The summed E-state index contributed by atoms with van der Waals surface area (Å²) in [5.41, 5.74) is 2.01. The number of rotatable bonds is 4. The number of benzene rings is 2. The molecule has 2 heterocycles. The number of nitrogens with zero attached hydrogens (tertiary/aromatic N) is 2. The Bertz CT molecular complexity index is 931. The molecule has 0 N–H and O–H groups in total. The maximum atomic E-state index is 12.5. The number of amides is 1. The van der Waals surface area contributed by atoms with E-state index in [2.05, 4.69) is 12.1 Å². The highest BCUT2D eigenvalue weighted by Crippen LogP contribution is 2.33. The van der Waals surface area contributed by atoms with Gasteiger partial charge in [-0.25, -0.2) is 4.98 Å². The Morgan fingerprint density at radius 3 is 2.78 bits per heavy atom. The number of carbonyl (C=O) groups excluding carboxylic acids is 1. The molecule has 140 valence electrons. The predicted molar refractivity (Wildman–Crippen MR) is 110 cm³/mol. The molecule has 1 aromatic heterocycles. The quantitative estimate of drug-likeness (QED) is 0.615. The van der Waals surface area contributed by atoms with Gasteiger partial charge in [-0.1, -0.05) is 23.7 Å². The Morgan fingerprint density at radius 1 is 1.26 bits per heavy atom. The van der Waals surface area contributed by atoms with Gasteiger partial charge in [0.2, 0.25) is 0 Å². The number of likely N-dealkylation sites (tertiary alicyclic amines) is 1. The van der Waals surface area contributed by atoms with Crippen molar-refractivity contribution in [1.29, 1.82) is 0 Å². The van der Waals surface area contributed by atoms with Crippen LogP contribution in [-0.2, 0) is 4.79 Å². The first-order valence-electron chi connectivity index (χ1n) is 9.12. The number of piperidine rings is 1. The van der Waals surface area contributed by atoms with E-state index < -0.39 is 0 Å². The van der Waals surface area contributed by atoms with Crippen molar-refractivity contribution in [3.05, 3.63) is 58.1 Å². The second-order valence-electron chi connectivity index (χ2n) is 6.87. The minimum atomic E-state index is 0.0344. The van der Waals surface area contributed by atoms with Crippen LogP contribution in [-0.4, -0.2) is 35.5 Å². The van der Waals surface area contributed by atoms with Crippen LogP contribution in [0.25, 0.3) is 10.2 Å². The van der Waals surface area contributed by atoms with E-state index in [0.717, 1.165) is 37.0 Å². The molecule has 1 fully saturated rings. The fraction of sp³-hybridized carbons (Fsp3) is 0.333. The van der Waals surface area contributed by atoms with Crippen LogP contribution in [0.4, 0.5) is 0 Å². The Labute approximate surface area is 167 Å². The molecule has 1 amide bonds. The van der Waals surface area contributed by atoms with Gasteiger partial charge in [0.05, 0.1) is 15.2 Å². The van der Waals surface area contributed by atoms with Crippen LogP contribution >= 0.6 is 22.9 Å². The van der Waals surface area contributed by atoms with E-state index >= 15 is 0 Å². The molecule has 0 bridgehead atoms. The lowest BCUT2D eigenvalue weighted by Gasteiger charge is -2.31. The molecule has 1 aliphatic heterocycles. The Morgan fingerprint density at radius 2 is 2.04 bits per heavy atom. The number of carbonyl (C=O) groups is 1. The molecule has 3 aromatic rings. The summed E-state index contributed by atoms with van der Waals surface area (Å²) < 4.78 is 6.93. The molecule has 27 heavy (non-hydrogen) atoms. The maximum Gasteiger partial charge on any atom is 0.260 e. The molecule has 0 unspecified atom stereocenters. The fourth-order valence-corrected chi connectivity index (χ4v) is 4.81. The van der Waals surface area contributed by atoms with Crippen LogP contribution in [0.15, 0.2) is 42.5 Å². The van der Waals surface area contributed by atoms with Gasteiger partial charge in [0.15, 0.2) is 6.61 Å². The van der Waals surface area contributed by atoms with Crippen molar-refractivity contribution in [3.8, 4) is 5.75 Å². The molecule has 0 atom stereocenters. The summed E-state index contributed by atoms with van der Waals surface area (Å²) in [5.74, 6) is 1.18. The number of fused-ring (bicyclic) bond motifs is 1. The van der Waals surface area contributed by atoms with E-state index in [0.29, 0.717) is 16.7 Å². The van der Waals surface area contributed by atoms with Gasteiger partial charge in [0.25, 0.3) is 5.91 Å². The summed E-state index contributed by atoms with van der Waals surface area (Å²) in [4.78, 5) is 19.2. The van der Waals surface area contributed by atoms with Crippen LogP contribution in [0, 0.1) is 6.92 Å². The number of thiazole rings is 1. The first kappa shape index (κ1) is 18.3. The Kier molecular flexibility index (Phi) is 5.32. The molecule has 6 heteroatoms. The van der Waals surface area contributed by atoms with Crippen molar-refractivity contribution in [2.75, 3.05) is 19.7 Å². The lowest BCUT2D eigenvalue weighted by Crippen LogP contribution is -2.40. The molecule has 1 aliphatic rings. The van der Waals surface area contributed by atoms with Crippen molar-refractivity contribution in [1.82, 2.24) is 9.88 Å². The topological polar surface area (TPSA) is 42.4 Å². The summed E-state index contributed by atoms with van der Waals surface area (Å²) in [6.07, 6.45) is 1.90. The highest BCUT2D eigenvalue weighted by Gasteiger charge is 2.26. The average Bonchev–Trinajstić information content (AvgIpc) is 3.11. The standard InChI is InChI=1S/C21H21ClN2O2S/c1-14-12-16(22)6-7-18(14)26-13-20(25)24-10-8-15(9-11-24)21-23-17-4-2-3-5-19(17)27-21/h2-7,12,15H,8-11,13H2,1H3. The molecular formula is C21H21ClN2O2S. The number of aryl methyl sites for hydroxylation is 1. The second-order valence-corrected chi connectivity index (χ2v) is 8.37. The number of halogens is 1. The number of ether oxygens (including phenoxy) is 1. The van der Waals surface area contributed by atoms with Crippen molar-refractivity contribution in [2.24, 2.45) is 0 Å². The van der Waals surface area contributed by atoms with Gasteiger partial charge >= 0.3 is 0 Å². The van der Waals surface area contributed by atoms with E-state index in [1.807, 2.05) is 36.1 Å². The van der Waals surface area contributed by atoms with Gasteiger partial charge in [0, 0.05) is 24.0 Å². The van der Waals surface area contributed by atoms with Crippen LogP contribution in [0.3, 0.4) is 0 Å². The van der Waals surface area contributed by atoms with E-state index in [-0.39, 0.29) is 12.5 Å². The lowest BCUT2D eigenvalue weighted by molar-refractivity contribution is -0.134. The van der Waals surface area contributed by atoms with Gasteiger partial charge in [0.1, 0.15) is 5.75 Å². The van der Waals surface area contributed by atoms with Crippen LogP contribution in [0.2, 0.25) is 5.02 Å². The Balaban J connectivity index is 1.32. The van der Waals surface area contributed by atoms with Crippen molar-refractivity contribution >= 4 is 39.1 Å². The number of hydrogen-bond acceptors (Lipinski definition) is 4. The molecule has 1 saturated heterocycles. The minimum absolute atomic E-state index is 0.0344. The third-order valence-corrected chi connectivity index (χ3v) is 6.43. The summed E-state index contributed by atoms with van der Waals surface area (Å²) in [5, 5.41) is 1.86. The Hall–Kier alpha value is -2.11. The molecule has 0 aliphatic carbocycles. The van der Waals surface area contributed by atoms with Crippen molar-refractivity contribution in [3.63, 3.8) is 0 Å². The number of para-hydroxylation sites is 1. The average molecular weight is 401 g/mol. The van der Waals surface area contributed by atoms with E-state index in [1.165, 1.54) is 9.71 Å². The van der Waals surface area contributed by atoms with Gasteiger partial charge in [-0.05, 0) is 55.7 Å². The molecule has 0 spiro atoms. The number of hydrogen-bond donors (Lipinski definition) is 0. The monoisotopic (exact) mass is 400 g/mol. The third kappa shape index (κ3) is 4.09. The third-order valence-electron chi connectivity index (χ3n) is 5.00. The second kappa shape index (κ2) is 7.87. The fourth-order valence-electron chi connectivity index (χ4n) is 3.45. The normalized spacial score (nSPS) is 15.3. The summed E-state index contributed by atoms with van der Waals surface area (Å²) in [6.45, 7) is 3.49. The zero-order valence-corrected chi connectivity index (χ0v) is 16.7. The zero-order valence-electron chi connectivity index (χ0n) is 15.2.